The molecular formula is C22H22ClFN4O3. The van der Waals surface area contributed by atoms with Gasteiger partial charge in [-0.2, -0.15) is 9.78 Å². The van der Waals surface area contributed by atoms with Crippen LogP contribution in [0.3, 0.4) is 0 Å². The lowest BCUT2D eigenvalue weighted by Crippen LogP contribution is -2.40. The fraction of sp³-hybridized carbons (Fsp3) is 0.227. The number of aliphatic hydroxyl groups excluding tert-OH is 1. The predicted octanol–water partition coefficient (Wildman–Crippen LogP) is 2.34. The van der Waals surface area contributed by atoms with E-state index in [1.165, 1.54) is 24.3 Å². The first-order valence-electron chi connectivity index (χ1n) is 9.52. The standard InChI is InChI=1S/C22H22ClFN4O3/c1-27(2)13-18(29)12-25-21(30)19-11-20(14-6-8-15(23)9-7-14)26-28(22(19)31)17-5-3-4-16(24)10-17/h3-11,18,29H,12-13H2,1-2H3,(H,25,30). The van der Waals surface area contributed by atoms with Gasteiger partial charge in [0.15, 0.2) is 0 Å². The molecular weight excluding hydrogens is 423 g/mol. The second-order valence-corrected chi connectivity index (χ2v) is 7.71. The third-order valence-electron chi connectivity index (χ3n) is 4.42. The maximum absolute atomic E-state index is 13.8. The maximum atomic E-state index is 13.8. The van der Waals surface area contributed by atoms with E-state index in [0.29, 0.717) is 22.8 Å². The van der Waals surface area contributed by atoms with Crippen LogP contribution in [0.1, 0.15) is 10.4 Å². The van der Waals surface area contributed by atoms with E-state index in [-0.39, 0.29) is 17.8 Å². The van der Waals surface area contributed by atoms with Gasteiger partial charge in [0.1, 0.15) is 11.4 Å². The normalized spacial score (nSPS) is 12.1. The lowest BCUT2D eigenvalue weighted by atomic mass is 10.1. The van der Waals surface area contributed by atoms with Crippen LogP contribution >= 0.6 is 11.6 Å². The molecule has 3 rings (SSSR count). The summed E-state index contributed by atoms with van der Waals surface area (Å²) in [5.41, 5.74) is 0.252. The van der Waals surface area contributed by atoms with E-state index in [0.717, 1.165) is 10.7 Å². The van der Waals surface area contributed by atoms with Crippen LogP contribution in [0.15, 0.2) is 59.4 Å². The second-order valence-electron chi connectivity index (χ2n) is 7.27. The lowest BCUT2D eigenvalue weighted by Gasteiger charge is -2.16. The minimum atomic E-state index is -0.804. The zero-order valence-corrected chi connectivity index (χ0v) is 17.8. The molecule has 0 bridgehead atoms. The Balaban J connectivity index is 2.04. The number of halogens is 2. The minimum absolute atomic E-state index is 0.0327. The third kappa shape index (κ3) is 5.75. The minimum Gasteiger partial charge on any atom is -0.390 e. The van der Waals surface area contributed by atoms with Crippen molar-refractivity contribution in [2.75, 3.05) is 27.2 Å². The highest BCUT2D eigenvalue weighted by molar-refractivity contribution is 6.30. The Bertz CT molecular complexity index is 1130. The molecule has 0 aliphatic rings. The van der Waals surface area contributed by atoms with E-state index in [9.17, 15) is 19.1 Å². The van der Waals surface area contributed by atoms with Crippen LogP contribution in [0.25, 0.3) is 16.9 Å². The van der Waals surface area contributed by atoms with E-state index in [2.05, 4.69) is 10.4 Å². The molecule has 0 aliphatic carbocycles. The van der Waals surface area contributed by atoms with E-state index >= 15 is 0 Å². The number of carbonyl (C=O) groups is 1. The van der Waals surface area contributed by atoms with Crippen LogP contribution in [0.4, 0.5) is 4.39 Å². The largest absolute Gasteiger partial charge is 0.390 e. The van der Waals surface area contributed by atoms with Gasteiger partial charge in [-0.3, -0.25) is 9.59 Å². The molecule has 0 aliphatic heterocycles. The first kappa shape index (κ1) is 22.6. The lowest BCUT2D eigenvalue weighted by molar-refractivity contribution is 0.0890. The molecule has 1 aromatic heterocycles. The first-order valence-corrected chi connectivity index (χ1v) is 9.89. The van der Waals surface area contributed by atoms with Gasteiger partial charge in [0.2, 0.25) is 0 Å². The van der Waals surface area contributed by atoms with Gasteiger partial charge in [-0.25, -0.2) is 4.39 Å². The van der Waals surface area contributed by atoms with Crippen LogP contribution in [0.2, 0.25) is 5.02 Å². The summed E-state index contributed by atoms with van der Waals surface area (Å²) in [6.45, 7) is 0.315. The number of aromatic nitrogens is 2. The fourth-order valence-corrected chi connectivity index (χ4v) is 3.12. The quantitative estimate of drug-likeness (QED) is 0.584. The molecule has 0 fully saturated rings. The molecule has 1 heterocycles. The van der Waals surface area contributed by atoms with Gasteiger partial charge in [0.05, 0.1) is 17.5 Å². The smallest absolute Gasteiger partial charge is 0.284 e. The molecule has 1 atom stereocenters. The highest BCUT2D eigenvalue weighted by atomic mass is 35.5. The number of aliphatic hydroxyl groups is 1. The summed E-state index contributed by atoms with van der Waals surface area (Å²) < 4.78 is 14.7. The molecule has 1 unspecified atom stereocenters. The predicted molar refractivity (Wildman–Crippen MR) is 117 cm³/mol. The summed E-state index contributed by atoms with van der Waals surface area (Å²) in [5.74, 6) is -1.20. The van der Waals surface area contributed by atoms with Gasteiger partial charge in [-0.15, -0.1) is 0 Å². The van der Waals surface area contributed by atoms with Crippen molar-refractivity contribution < 1.29 is 14.3 Å². The molecule has 2 N–H and O–H groups in total. The average molecular weight is 445 g/mol. The number of nitrogens with one attached hydrogen (secondary N) is 1. The number of amides is 1. The topological polar surface area (TPSA) is 87.5 Å². The third-order valence-corrected chi connectivity index (χ3v) is 4.68. The Morgan fingerprint density at radius 3 is 2.58 bits per heavy atom. The highest BCUT2D eigenvalue weighted by Crippen LogP contribution is 2.20. The van der Waals surface area contributed by atoms with Crippen molar-refractivity contribution in [1.82, 2.24) is 20.0 Å². The Labute approximate surface area is 183 Å². The van der Waals surface area contributed by atoms with Crippen molar-refractivity contribution in [2.45, 2.75) is 6.10 Å². The summed E-state index contributed by atoms with van der Waals surface area (Å²) in [4.78, 5) is 27.6. The number of rotatable bonds is 7. The molecule has 31 heavy (non-hydrogen) atoms. The zero-order chi connectivity index (χ0) is 22.5. The van der Waals surface area contributed by atoms with Gasteiger partial charge >= 0.3 is 0 Å². The SMILES string of the molecule is CN(C)CC(O)CNC(=O)c1cc(-c2ccc(Cl)cc2)nn(-c2cccc(F)c2)c1=O. The number of benzene rings is 2. The zero-order valence-electron chi connectivity index (χ0n) is 17.0. The fourth-order valence-electron chi connectivity index (χ4n) is 2.99. The molecule has 1 amide bonds. The van der Waals surface area contributed by atoms with E-state index in [1.807, 2.05) is 0 Å². The summed E-state index contributed by atoms with van der Waals surface area (Å²) in [6, 6.07) is 13.5. The summed E-state index contributed by atoms with van der Waals surface area (Å²) >= 11 is 5.95. The second kappa shape index (κ2) is 9.82. The molecule has 0 saturated carbocycles. The summed E-state index contributed by atoms with van der Waals surface area (Å²) in [6.07, 6.45) is -0.804. The van der Waals surface area contributed by atoms with E-state index < -0.39 is 23.4 Å². The monoisotopic (exact) mass is 444 g/mol. The van der Waals surface area contributed by atoms with Crippen LogP contribution in [0, 0.1) is 5.82 Å². The first-order chi connectivity index (χ1) is 14.7. The molecule has 0 saturated heterocycles. The van der Waals surface area contributed by atoms with Crippen LogP contribution in [-0.4, -0.2) is 59.0 Å². The molecule has 3 aromatic rings. The van der Waals surface area contributed by atoms with Gasteiger partial charge in [0.25, 0.3) is 11.5 Å². The Morgan fingerprint density at radius 1 is 1.23 bits per heavy atom. The molecule has 7 nitrogen and oxygen atoms in total. The number of hydrogen-bond acceptors (Lipinski definition) is 5. The summed E-state index contributed by atoms with van der Waals surface area (Å²) in [7, 11) is 3.59. The number of nitrogens with zero attached hydrogens (tertiary/aromatic N) is 3. The van der Waals surface area contributed by atoms with Crippen molar-refractivity contribution in [1.29, 1.82) is 0 Å². The Hall–Kier alpha value is -3.07. The van der Waals surface area contributed by atoms with Crippen molar-refractivity contribution >= 4 is 17.5 Å². The van der Waals surface area contributed by atoms with Crippen molar-refractivity contribution in [3.8, 4) is 16.9 Å². The Kier molecular flexibility index (Phi) is 7.17. The van der Waals surface area contributed by atoms with Crippen molar-refractivity contribution in [2.24, 2.45) is 0 Å². The van der Waals surface area contributed by atoms with Gasteiger partial charge in [0, 0.05) is 23.7 Å². The highest BCUT2D eigenvalue weighted by Gasteiger charge is 2.18. The van der Waals surface area contributed by atoms with Gasteiger partial charge < -0.3 is 15.3 Å². The van der Waals surface area contributed by atoms with Crippen molar-refractivity contribution in [3.63, 3.8) is 0 Å². The van der Waals surface area contributed by atoms with Gasteiger partial charge in [-0.1, -0.05) is 29.8 Å². The molecule has 0 radical (unpaired) electrons. The molecule has 2 aromatic carbocycles. The number of likely N-dealkylation sites (N-methyl/N-ethyl adjacent to an activating group) is 1. The molecule has 162 valence electrons. The summed E-state index contributed by atoms with van der Waals surface area (Å²) in [5, 5.41) is 17.4. The molecule has 0 spiro atoms. The van der Waals surface area contributed by atoms with E-state index in [4.69, 9.17) is 11.6 Å². The number of carbonyl (C=O) groups excluding carboxylic acids is 1. The van der Waals surface area contributed by atoms with Crippen molar-refractivity contribution in [3.05, 3.63) is 81.4 Å². The van der Waals surface area contributed by atoms with Crippen LogP contribution < -0.4 is 10.9 Å². The average Bonchev–Trinajstić information content (AvgIpc) is 2.72. The Morgan fingerprint density at radius 2 is 1.94 bits per heavy atom. The van der Waals surface area contributed by atoms with E-state index in [1.54, 1.807) is 43.3 Å². The molecule has 9 heteroatoms. The van der Waals surface area contributed by atoms with Crippen LogP contribution in [0.5, 0.6) is 0 Å². The number of hydrogen-bond donors (Lipinski definition) is 2. The van der Waals surface area contributed by atoms with Crippen LogP contribution in [-0.2, 0) is 0 Å². The maximum Gasteiger partial charge on any atom is 0.284 e. The van der Waals surface area contributed by atoms with Gasteiger partial charge in [-0.05, 0) is 50.5 Å².